The maximum absolute atomic E-state index is 13.1. The molecule has 1 N–H and O–H groups in total. The van der Waals surface area contributed by atoms with E-state index in [4.69, 9.17) is 4.99 Å². The van der Waals surface area contributed by atoms with E-state index < -0.39 is 9.84 Å². The molecule has 4 rings (SSSR count). The van der Waals surface area contributed by atoms with E-state index in [1.54, 1.807) is 43.7 Å². The first-order valence-electron chi connectivity index (χ1n) is 13.9. The number of nitrogens with zero attached hydrogens (tertiary/aromatic N) is 6. The monoisotopic (exact) mass is 571 g/mol. The van der Waals surface area contributed by atoms with E-state index in [1.807, 2.05) is 14.7 Å². The number of hydrogen-bond acceptors (Lipinski definition) is 9. The Kier molecular flexibility index (Phi) is 10.1. The number of carbonyl (C=O) groups excluding carboxylic acids is 2. The van der Waals surface area contributed by atoms with Gasteiger partial charge in [-0.1, -0.05) is 18.7 Å². The van der Waals surface area contributed by atoms with E-state index >= 15 is 0 Å². The Hall–Kier alpha value is -3.09. The number of carbonyl (C=O) groups is 2. The van der Waals surface area contributed by atoms with Gasteiger partial charge in [-0.15, -0.1) is 0 Å². The number of aliphatic imine (C=N–C) groups is 2. The van der Waals surface area contributed by atoms with E-state index in [2.05, 4.69) is 21.8 Å². The fourth-order valence-corrected chi connectivity index (χ4v) is 6.09. The molecule has 2 amide bonds. The van der Waals surface area contributed by atoms with Gasteiger partial charge in [0.15, 0.2) is 9.84 Å². The van der Waals surface area contributed by atoms with Crippen LogP contribution in [-0.2, 0) is 19.4 Å². The minimum atomic E-state index is -3.31. The number of amidine groups is 1. The van der Waals surface area contributed by atoms with E-state index in [-0.39, 0.29) is 35.5 Å². The Morgan fingerprint density at radius 2 is 1.68 bits per heavy atom. The zero-order valence-electron chi connectivity index (χ0n) is 23.5. The lowest BCUT2D eigenvalue weighted by Gasteiger charge is -2.36. The molecule has 11 nitrogen and oxygen atoms in total. The van der Waals surface area contributed by atoms with Crippen molar-refractivity contribution in [1.82, 2.24) is 24.9 Å². The summed E-state index contributed by atoms with van der Waals surface area (Å²) in [5, 5.41) is 3.35. The van der Waals surface area contributed by atoms with Crippen LogP contribution in [0, 0.1) is 0 Å². The molecule has 2 saturated heterocycles. The third kappa shape index (κ3) is 7.35. The lowest BCUT2D eigenvalue weighted by Crippen LogP contribution is -2.53. The van der Waals surface area contributed by atoms with Crippen molar-refractivity contribution < 1.29 is 18.0 Å². The number of benzene rings is 1. The summed E-state index contributed by atoms with van der Waals surface area (Å²) in [6.45, 7) is 9.25. The molecular formula is C28H41N7O4S. The summed E-state index contributed by atoms with van der Waals surface area (Å²) in [6, 6.07) is 6.27. The van der Waals surface area contributed by atoms with Gasteiger partial charge in [0.2, 0.25) is 11.8 Å². The molecule has 3 heterocycles. The van der Waals surface area contributed by atoms with Gasteiger partial charge in [0, 0.05) is 71.7 Å². The van der Waals surface area contributed by atoms with Gasteiger partial charge in [0.1, 0.15) is 18.0 Å². The van der Waals surface area contributed by atoms with Crippen LogP contribution in [0.5, 0.6) is 0 Å². The van der Waals surface area contributed by atoms with Crippen molar-refractivity contribution in [1.29, 1.82) is 0 Å². The average molecular weight is 572 g/mol. The smallest absolute Gasteiger partial charge is 0.236 e. The van der Waals surface area contributed by atoms with Gasteiger partial charge in [0.05, 0.1) is 17.7 Å². The summed E-state index contributed by atoms with van der Waals surface area (Å²) < 4.78 is 23.8. The zero-order valence-corrected chi connectivity index (χ0v) is 24.4. The van der Waals surface area contributed by atoms with Gasteiger partial charge in [0.25, 0.3) is 0 Å². The molecule has 0 saturated carbocycles. The van der Waals surface area contributed by atoms with E-state index in [1.165, 1.54) is 12.7 Å². The van der Waals surface area contributed by atoms with Crippen molar-refractivity contribution in [2.24, 2.45) is 9.98 Å². The largest absolute Gasteiger partial charge is 0.343 e. The van der Waals surface area contributed by atoms with Crippen molar-refractivity contribution >= 4 is 33.7 Å². The fraction of sp³-hybridized carbons (Fsp3) is 0.571. The van der Waals surface area contributed by atoms with Crippen LogP contribution >= 0.6 is 0 Å². The van der Waals surface area contributed by atoms with Crippen molar-refractivity contribution in [3.63, 3.8) is 0 Å². The van der Waals surface area contributed by atoms with Crippen LogP contribution in [0.15, 0.2) is 51.9 Å². The zero-order chi connectivity index (χ0) is 28.7. The number of rotatable bonds is 10. The molecular weight excluding hydrogens is 530 g/mol. The molecule has 40 heavy (non-hydrogen) atoms. The van der Waals surface area contributed by atoms with Gasteiger partial charge in [-0.25, -0.2) is 8.42 Å². The number of hydrogen-bond donors (Lipinski definition) is 1. The topological polar surface area (TPSA) is 118 Å². The third-order valence-corrected chi connectivity index (χ3v) is 8.89. The molecule has 3 aliphatic heterocycles. The summed E-state index contributed by atoms with van der Waals surface area (Å²) in [7, 11) is -1.65. The van der Waals surface area contributed by atoms with Gasteiger partial charge in [-0.2, -0.15) is 0 Å². The summed E-state index contributed by atoms with van der Waals surface area (Å²) in [5.41, 5.74) is 0.816. The molecule has 0 aliphatic carbocycles. The fourth-order valence-electron chi connectivity index (χ4n) is 5.46. The Labute approximate surface area is 237 Å². The standard InChI is InChI=1S/C28H41N7O4S/c1-4-35-24(20-29-2)31-27(22-8-10-23(11-9-22)40(3,38)39)28(35)30-21-26(37)34-18-16-32(17-19-34)15-12-25(36)33-13-6-5-7-14-33/h4,8-11,20,27-28,30H,1,5-7,12-19,21H2,2-3H3. The second kappa shape index (κ2) is 13.5. The molecule has 1 aromatic rings. The van der Waals surface area contributed by atoms with Crippen LogP contribution in [0.1, 0.15) is 37.3 Å². The van der Waals surface area contributed by atoms with Crippen LogP contribution < -0.4 is 5.32 Å². The quantitative estimate of drug-likeness (QED) is 0.419. The highest BCUT2D eigenvalue weighted by molar-refractivity contribution is 7.90. The summed E-state index contributed by atoms with van der Waals surface area (Å²) in [6.07, 6.45) is 8.02. The molecule has 3 aliphatic rings. The van der Waals surface area contributed by atoms with Crippen LogP contribution in [0.3, 0.4) is 0 Å². The van der Waals surface area contributed by atoms with E-state index in [0.717, 1.165) is 51.1 Å². The van der Waals surface area contributed by atoms with Gasteiger partial charge in [-0.05, 0) is 37.0 Å². The first-order chi connectivity index (χ1) is 19.2. The Morgan fingerprint density at radius 1 is 1.02 bits per heavy atom. The van der Waals surface area contributed by atoms with Crippen LogP contribution in [-0.4, -0.2) is 124 Å². The minimum Gasteiger partial charge on any atom is -0.343 e. The first kappa shape index (κ1) is 29.9. The lowest BCUT2D eigenvalue weighted by molar-refractivity contribution is -0.134. The highest BCUT2D eigenvalue weighted by Crippen LogP contribution is 2.30. The summed E-state index contributed by atoms with van der Waals surface area (Å²) in [4.78, 5) is 42.7. The van der Waals surface area contributed by atoms with Crippen molar-refractivity contribution in [3.05, 3.63) is 42.6 Å². The second-order valence-corrected chi connectivity index (χ2v) is 12.5. The number of piperidine rings is 1. The summed E-state index contributed by atoms with van der Waals surface area (Å²) >= 11 is 0. The minimum absolute atomic E-state index is 0.00293. The normalized spacial score (nSPS) is 22.6. The molecule has 0 aromatic heterocycles. The van der Waals surface area contributed by atoms with E-state index in [9.17, 15) is 18.0 Å². The molecule has 0 radical (unpaired) electrons. The maximum Gasteiger partial charge on any atom is 0.236 e. The maximum atomic E-state index is 13.1. The van der Waals surface area contributed by atoms with Crippen molar-refractivity contribution in [3.8, 4) is 0 Å². The number of likely N-dealkylation sites (tertiary alicyclic amines) is 1. The van der Waals surface area contributed by atoms with Crippen molar-refractivity contribution in [2.45, 2.75) is 42.8 Å². The molecule has 0 bridgehead atoms. The van der Waals surface area contributed by atoms with Gasteiger partial charge >= 0.3 is 0 Å². The van der Waals surface area contributed by atoms with Crippen LogP contribution in [0.25, 0.3) is 0 Å². The van der Waals surface area contributed by atoms with Gasteiger partial charge in [-0.3, -0.25) is 29.8 Å². The lowest BCUT2D eigenvalue weighted by atomic mass is 10.0. The number of amides is 2. The molecule has 2 atom stereocenters. The molecule has 12 heteroatoms. The van der Waals surface area contributed by atoms with Gasteiger partial charge < -0.3 is 14.7 Å². The Morgan fingerprint density at radius 3 is 2.27 bits per heavy atom. The number of piperazine rings is 1. The molecule has 1 aromatic carbocycles. The highest BCUT2D eigenvalue weighted by atomic mass is 32.2. The Balaban J connectivity index is 1.32. The number of nitrogens with one attached hydrogen (secondary N) is 1. The molecule has 2 fully saturated rings. The predicted molar refractivity (Wildman–Crippen MR) is 156 cm³/mol. The predicted octanol–water partition coefficient (Wildman–Crippen LogP) is 1.15. The van der Waals surface area contributed by atoms with Crippen LogP contribution in [0.4, 0.5) is 0 Å². The van der Waals surface area contributed by atoms with Crippen molar-refractivity contribution in [2.75, 3.05) is 65.7 Å². The SMILES string of the molecule is C=CN1C(C=NC)=NC(c2ccc(S(C)(=O)=O)cc2)C1NCC(=O)N1CCN(CCC(=O)N2CCCCC2)CC1. The van der Waals surface area contributed by atoms with E-state index in [0.29, 0.717) is 25.3 Å². The highest BCUT2D eigenvalue weighted by Gasteiger charge is 2.36. The number of sulfone groups is 1. The second-order valence-electron chi connectivity index (χ2n) is 10.5. The third-order valence-electron chi connectivity index (χ3n) is 7.76. The van der Waals surface area contributed by atoms with Crippen LogP contribution in [0.2, 0.25) is 0 Å². The molecule has 218 valence electrons. The first-order valence-corrected chi connectivity index (χ1v) is 15.8. The molecule has 0 spiro atoms. The average Bonchev–Trinajstić information content (AvgIpc) is 3.32. The summed E-state index contributed by atoms with van der Waals surface area (Å²) in [5.74, 6) is 0.838. The Bertz CT molecular complexity index is 1220. The molecule has 2 unspecified atom stereocenters.